The minimum Gasteiger partial charge on any atom is -0.390 e. The van der Waals surface area contributed by atoms with Gasteiger partial charge in [0.05, 0.1) is 12.1 Å². The third-order valence-corrected chi connectivity index (χ3v) is 3.91. The average Bonchev–Trinajstić information content (AvgIpc) is 2.40. The second-order valence-electron chi connectivity index (χ2n) is 4.98. The van der Waals surface area contributed by atoms with Crippen molar-refractivity contribution in [3.8, 4) is 0 Å². The largest absolute Gasteiger partial charge is 0.390 e. The number of hydrogen-bond donors (Lipinski definition) is 2. The lowest BCUT2D eigenvalue weighted by Gasteiger charge is -2.37. The Hall–Kier alpha value is -1.10. The van der Waals surface area contributed by atoms with E-state index in [0.717, 1.165) is 6.42 Å². The Bertz CT molecular complexity index is 466. The fraction of sp³-hybridized carbons (Fsp3) is 0.500. The Kier molecular flexibility index (Phi) is 4.45. The first-order valence-corrected chi connectivity index (χ1v) is 6.77. The number of rotatable bonds is 2. The van der Waals surface area contributed by atoms with Crippen molar-refractivity contribution in [2.75, 3.05) is 7.05 Å². The van der Waals surface area contributed by atoms with Crippen molar-refractivity contribution in [3.05, 3.63) is 34.9 Å². The van der Waals surface area contributed by atoms with Crippen LogP contribution < -0.4 is 0 Å². The number of benzene rings is 1. The smallest absolute Gasteiger partial charge is 0.253 e. The van der Waals surface area contributed by atoms with Gasteiger partial charge >= 0.3 is 0 Å². The van der Waals surface area contributed by atoms with Gasteiger partial charge in [0.1, 0.15) is 6.10 Å². The summed E-state index contributed by atoms with van der Waals surface area (Å²) in [5, 5.41) is 20.2. The molecule has 0 aromatic heterocycles. The summed E-state index contributed by atoms with van der Waals surface area (Å²) in [6.45, 7) is 0. The Balaban J connectivity index is 2.14. The molecular weight excluding hydrogens is 266 g/mol. The summed E-state index contributed by atoms with van der Waals surface area (Å²) in [7, 11) is 1.65. The number of hydrogen-bond acceptors (Lipinski definition) is 3. The van der Waals surface area contributed by atoms with Gasteiger partial charge in [-0.05, 0) is 37.5 Å². The molecule has 19 heavy (non-hydrogen) atoms. The molecule has 104 valence electrons. The van der Waals surface area contributed by atoms with E-state index in [9.17, 15) is 15.0 Å². The molecule has 5 heteroatoms. The topological polar surface area (TPSA) is 60.8 Å². The van der Waals surface area contributed by atoms with Gasteiger partial charge in [0, 0.05) is 17.6 Å². The van der Waals surface area contributed by atoms with Crippen LogP contribution in [-0.4, -0.2) is 46.3 Å². The van der Waals surface area contributed by atoms with E-state index in [0.29, 0.717) is 23.4 Å². The first kappa shape index (κ1) is 14.3. The summed E-state index contributed by atoms with van der Waals surface area (Å²) >= 11 is 5.87. The summed E-state index contributed by atoms with van der Waals surface area (Å²) in [6, 6.07) is 6.37. The predicted molar refractivity (Wildman–Crippen MR) is 73.2 cm³/mol. The molecule has 0 saturated heterocycles. The highest BCUT2D eigenvalue weighted by Crippen LogP contribution is 2.24. The molecule has 1 fully saturated rings. The molecule has 0 radical (unpaired) electrons. The molecular formula is C14H18ClNO3. The fourth-order valence-corrected chi connectivity index (χ4v) is 2.72. The van der Waals surface area contributed by atoms with Crippen molar-refractivity contribution in [1.82, 2.24) is 4.90 Å². The number of aliphatic hydroxyl groups excluding tert-OH is 2. The van der Waals surface area contributed by atoms with E-state index in [4.69, 9.17) is 11.6 Å². The number of nitrogens with zero attached hydrogens (tertiary/aromatic N) is 1. The van der Waals surface area contributed by atoms with Crippen molar-refractivity contribution >= 4 is 17.5 Å². The van der Waals surface area contributed by atoms with Gasteiger partial charge in [-0.15, -0.1) is 0 Å². The molecule has 2 N–H and O–H groups in total. The van der Waals surface area contributed by atoms with Gasteiger partial charge in [-0.3, -0.25) is 4.79 Å². The van der Waals surface area contributed by atoms with Crippen LogP contribution in [0, 0.1) is 0 Å². The number of amides is 1. The van der Waals surface area contributed by atoms with Gasteiger partial charge in [-0.2, -0.15) is 0 Å². The number of carbonyl (C=O) groups excluding carboxylic acids is 1. The van der Waals surface area contributed by atoms with E-state index in [2.05, 4.69) is 0 Å². The molecule has 0 bridgehead atoms. The molecule has 2 rings (SSSR count). The number of halogens is 1. The van der Waals surface area contributed by atoms with Crippen LogP contribution in [-0.2, 0) is 0 Å². The molecule has 1 aliphatic rings. The maximum absolute atomic E-state index is 12.3. The third-order valence-electron chi connectivity index (χ3n) is 3.68. The van der Waals surface area contributed by atoms with E-state index in [1.165, 1.54) is 4.90 Å². The lowest BCUT2D eigenvalue weighted by molar-refractivity contribution is -0.0526. The van der Waals surface area contributed by atoms with Crippen LogP contribution in [0.3, 0.4) is 0 Å². The molecule has 0 aliphatic heterocycles. The van der Waals surface area contributed by atoms with Crippen LogP contribution in [0.25, 0.3) is 0 Å². The van der Waals surface area contributed by atoms with Crippen molar-refractivity contribution in [1.29, 1.82) is 0 Å². The van der Waals surface area contributed by atoms with Crippen molar-refractivity contribution in [2.45, 2.75) is 37.5 Å². The Morgan fingerprint density at radius 1 is 1.37 bits per heavy atom. The van der Waals surface area contributed by atoms with Crippen LogP contribution in [0.15, 0.2) is 24.3 Å². The summed E-state index contributed by atoms with van der Waals surface area (Å²) in [6.07, 6.45) is 0.434. The quantitative estimate of drug-likeness (QED) is 0.868. The Morgan fingerprint density at radius 3 is 2.79 bits per heavy atom. The zero-order valence-electron chi connectivity index (χ0n) is 10.8. The van der Waals surface area contributed by atoms with Gasteiger partial charge in [0.25, 0.3) is 5.91 Å². The standard InChI is InChI=1S/C14H18ClNO3/c1-16(11-6-3-7-12(17)13(11)18)14(19)9-4-2-5-10(15)8-9/h2,4-5,8,11-13,17-18H,3,6-7H2,1H3/t11-,12-,13-/m1/s1. The second kappa shape index (κ2) is 5.90. The SMILES string of the molecule is CN(C(=O)c1cccc(Cl)c1)[C@@H]1CCC[C@@H](O)[C@@H]1O. The normalized spacial score (nSPS) is 27.1. The lowest BCUT2D eigenvalue weighted by atomic mass is 9.89. The van der Waals surface area contributed by atoms with Gasteiger partial charge < -0.3 is 15.1 Å². The summed E-state index contributed by atoms with van der Waals surface area (Å²) in [5.41, 5.74) is 0.488. The second-order valence-corrected chi connectivity index (χ2v) is 5.42. The van der Waals surface area contributed by atoms with E-state index >= 15 is 0 Å². The van der Waals surface area contributed by atoms with Crippen LogP contribution in [0.2, 0.25) is 5.02 Å². The van der Waals surface area contributed by atoms with Gasteiger partial charge in [-0.25, -0.2) is 0 Å². The number of likely N-dealkylation sites (N-methyl/N-ethyl adjacent to an activating group) is 1. The molecule has 1 saturated carbocycles. The van der Waals surface area contributed by atoms with E-state index in [-0.39, 0.29) is 11.9 Å². The molecule has 1 aliphatic carbocycles. The first-order valence-electron chi connectivity index (χ1n) is 6.39. The lowest BCUT2D eigenvalue weighted by Crippen LogP contribution is -2.51. The van der Waals surface area contributed by atoms with Gasteiger partial charge in [0.2, 0.25) is 0 Å². The maximum Gasteiger partial charge on any atom is 0.253 e. The maximum atomic E-state index is 12.3. The van der Waals surface area contributed by atoms with Crippen molar-refractivity contribution in [3.63, 3.8) is 0 Å². The highest BCUT2D eigenvalue weighted by atomic mass is 35.5. The summed E-state index contributed by atoms with van der Waals surface area (Å²) in [5.74, 6) is -0.194. The highest BCUT2D eigenvalue weighted by molar-refractivity contribution is 6.30. The van der Waals surface area contributed by atoms with E-state index < -0.39 is 12.2 Å². The van der Waals surface area contributed by atoms with Crippen LogP contribution in [0.1, 0.15) is 29.6 Å². The number of aliphatic hydroxyl groups is 2. The summed E-state index contributed by atoms with van der Waals surface area (Å²) < 4.78 is 0. The van der Waals surface area contributed by atoms with Crippen LogP contribution in [0.5, 0.6) is 0 Å². The molecule has 0 heterocycles. The van der Waals surface area contributed by atoms with Crippen LogP contribution in [0.4, 0.5) is 0 Å². The fourth-order valence-electron chi connectivity index (χ4n) is 2.53. The highest BCUT2D eigenvalue weighted by Gasteiger charge is 2.35. The molecule has 1 amide bonds. The monoisotopic (exact) mass is 283 g/mol. The van der Waals surface area contributed by atoms with Crippen molar-refractivity contribution in [2.24, 2.45) is 0 Å². The predicted octanol–water partition coefficient (Wildman–Crippen LogP) is 1.69. The molecule has 0 unspecified atom stereocenters. The molecule has 0 spiro atoms. The minimum atomic E-state index is -0.887. The van der Waals surface area contributed by atoms with Gasteiger partial charge in [0.15, 0.2) is 0 Å². The summed E-state index contributed by atoms with van der Waals surface area (Å²) in [4.78, 5) is 13.8. The number of carbonyl (C=O) groups is 1. The zero-order chi connectivity index (χ0) is 14.0. The van der Waals surface area contributed by atoms with Crippen LogP contribution >= 0.6 is 11.6 Å². The minimum absolute atomic E-state index is 0.194. The molecule has 3 atom stereocenters. The Labute approximate surface area is 117 Å². The zero-order valence-corrected chi connectivity index (χ0v) is 11.5. The Morgan fingerprint density at radius 2 is 2.11 bits per heavy atom. The van der Waals surface area contributed by atoms with E-state index in [1.54, 1.807) is 31.3 Å². The van der Waals surface area contributed by atoms with E-state index in [1.807, 2.05) is 0 Å². The molecule has 1 aromatic rings. The van der Waals surface area contributed by atoms with Gasteiger partial charge in [-0.1, -0.05) is 17.7 Å². The molecule has 1 aromatic carbocycles. The third kappa shape index (κ3) is 3.08. The molecule has 4 nitrogen and oxygen atoms in total. The van der Waals surface area contributed by atoms with Crippen molar-refractivity contribution < 1.29 is 15.0 Å². The first-order chi connectivity index (χ1) is 9.00. The average molecular weight is 284 g/mol.